The van der Waals surface area contributed by atoms with E-state index in [1.165, 1.54) is 12.1 Å². The van der Waals surface area contributed by atoms with Gasteiger partial charge in [-0.25, -0.2) is 9.37 Å². The Hall–Kier alpha value is -1.46. The second-order valence-corrected chi connectivity index (χ2v) is 4.76. The number of carbonyl (C=O) groups excluding carboxylic acids is 1. The van der Waals surface area contributed by atoms with Gasteiger partial charge in [0.05, 0.1) is 16.9 Å². The minimum absolute atomic E-state index is 0.118. The van der Waals surface area contributed by atoms with Crippen molar-refractivity contribution in [2.75, 3.05) is 5.32 Å². The quantitative estimate of drug-likeness (QED) is 0.908. The van der Waals surface area contributed by atoms with Crippen LogP contribution in [-0.4, -0.2) is 10.9 Å². The highest BCUT2D eigenvalue weighted by Crippen LogP contribution is 2.25. The van der Waals surface area contributed by atoms with Crippen molar-refractivity contribution in [2.24, 2.45) is 0 Å². The molecule has 0 unspecified atom stereocenters. The van der Waals surface area contributed by atoms with E-state index in [0.717, 1.165) is 10.7 Å². The molecule has 18 heavy (non-hydrogen) atoms. The molecule has 2 rings (SSSR count). The van der Waals surface area contributed by atoms with Crippen LogP contribution < -0.4 is 5.32 Å². The highest BCUT2D eigenvalue weighted by molar-refractivity contribution is 9.10. The molecule has 0 fully saturated rings. The van der Waals surface area contributed by atoms with Crippen LogP contribution in [0, 0.1) is 5.82 Å². The van der Waals surface area contributed by atoms with Crippen LogP contribution in [0.5, 0.6) is 0 Å². The number of hydrogen-bond donors (Lipinski definition) is 1. The maximum Gasteiger partial charge on any atom is 0.274 e. The van der Waals surface area contributed by atoms with Crippen LogP contribution in [0.3, 0.4) is 0 Å². The topological polar surface area (TPSA) is 42.0 Å². The zero-order valence-electron chi connectivity index (χ0n) is 8.95. The molecule has 2 aromatic rings. The summed E-state index contributed by atoms with van der Waals surface area (Å²) in [4.78, 5) is 15.5. The monoisotopic (exact) mass is 328 g/mol. The number of amides is 1. The van der Waals surface area contributed by atoms with Crippen molar-refractivity contribution < 1.29 is 9.18 Å². The number of benzene rings is 1. The molecule has 0 aliphatic rings. The first kappa shape index (κ1) is 13.0. The van der Waals surface area contributed by atoms with E-state index in [1.807, 2.05) is 0 Å². The largest absolute Gasteiger partial charge is 0.319 e. The molecule has 1 aromatic carbocycles. The first-order valence-electron chi connectivity index (χ1n) is 4.94. The summed E-state index contributed by atoms with van der Waals surface area (Å²) in [5, 5.41) is 3.01. The van der Waals surface area contributed by atoms with E-state index in [0.29, 0.717) is 10.7 Å². The lowest BCUT2D eigenvalue weighted by Gasteiger charge is -2.07. The van der Waals surface area contributed by atoms with Gasteiger partial charge in [-0.1, -0.05) is 27.5 Å². The van der Waals surface area contributed by atoms with Gasteiger partial charge >= 0.3 is 0 Å². The highest BCUT2D eigenvalue weighted by atomic mass is 79.9. The molecular formula is C12H7BrClFN2O. The Balaban J connectivity index is 2.21. The van der Waals surface area contributed by atoms with Gasteiger partial charge in [-0.3, -0.25) is 4.79 Å². The van der Waals surface area contributed by atoms with Crippen LogP contribution in [0.1, 0.15) is 10.5 Å². The van der Waals surface area contributed by atoms with Crippen molar-refractivity contribution in [1.82, 2.24) is 4.98 Å². The molecule has 0 saturated carbocycles. The molecule has 0 saturated heterocycles. The van der Waals surface area contributed by atoms with Crippen LogP contribution in [0.15, 0.2) is 41.0 Å². The summed E-state index contributed by atoms with van der Waals surface area (Å²) >= 11 is 9.21. The lowest BCUT2D eigenvalue weighted by molar-refractivity contribution is 0.102. The van der Waals surface area contributed by atoms with E-state index in [2.05, 4.69) is 26.2 Å². The fraction of sp³-hybridized carbons (Fsp3) is 0. The van der Waals surface area contributed by atoms with Crippen LogP contribution in [0.4, 0.5) is 10.1 Å². The number of halogens is 3. The van der Waals surface area contributed by atoms with E-state index >= 15 is 0 Å². The number of rotatable bonds is 2. The second kappa shape index (κ2) is 5.46. The number of nitrogens with zero attached hydrogens (tertiary/aromatic N) is 1. The summed E-state index contributed by atoms with van der Waals surface area (Å²) in [6.45, 7) is 0. The molecule has 0 aliphatic heterocycles. The Labute approximate surface area is 116 Å². The van der Waals surface area contributed by atoms with E-state index < -0.39 is 11.7 Å². The summed E-state index contributed by atoms with van der Waals surface area (Å²) in [6, 6.07) is 7.55. The van der Waals surface area contributed by atoms with Crippen molar-refractivity contribution >= 4 is 39.1 Å². The Bertz CT molecular complexity index is 589. The molecule has 3 nitrogen and oxygen atoms in total. The molecule has 0 aliphatic carbocycles. The zero-order chi connectivity index (χ0) is 13.1. The minimum atomic E-state index is -0.493. The first-order chi connectivity index (χ1) is 8.56. The Kier molecular flexibility index (Phi) is 3.93. The summed E-state index contributed by atoms with van der Waals surface area (Å²) in [7, 11) is 0. The number of carbonyl (C=O) groups is 1. The van der Waals surface area contributed by atoms with E-state index in [4.69, 9.17) is 11.6 Å². The number of pyridine rings is 1. The minimum Gasteiger partial charge on any atom is -0.319 e. The number of anilines is 1. The Morgan fingerprint density at radius 3 is 2.78 bits per heavy atom. The van der Waals surface area contributed by atoms with E-state index in [9.17, 15) is 9.18 Å². The average Bonchev–Trinajstić information content (AvgIpc) is 2.34. The van der Waals surface area contributed by atoms with E-state index in [1.54, 1.807) is 18.2 Å². The summed E-state index contributed by atoms with van der Waals surface area (Å²) in [6.07, 6.45) is 0.984. The molecule has 1 aromatic heterocycles. The van der Waals surface area contributed by atoms with Crippen molar-refractivity contribution in [3.63, 3.8) is 0 Å². The van der Waals surface area contributed by atoms with Crippen LogP contribution >= 0.6 is 27.5 Å². The lowest BCUT2D eigenvalue weighted by atomic mass is 10.3. The third-order valence-corrected chi connectivity index (χ3v) is 2.96. The Morgan fingerprint density at radius 2 is 2.11 bits per heavy atom. The summed E-state index contributed by atoms with van der Waals surface area (Å²) in [5.41, 5.74) is 0.578. The maximum absolute atomic E-state index is 12.7. The molecule has 92 valence electrons. The maximum atomic E-state index is 12.7. The van der Waals surface area contributed by atoms with Gasteiger partial charge in [-0.15, -0.1) is 0 Å². The molecule has 0 bridgehead atoms. The lowest BCUT2D eigenvalue weighted by Crippen LogP contribution is -2.13. The number of aromatic nitrogens is 1. The van der Waals surface area contributed by atoms with Gasteiger partial charge in [-0.2, -0.15) is 0 Å². The van der Waals surface area contributed by atoms with Crippen molar-refractivity contribution in [3.8, 4) is 0 Å². The SMILES string of the molecule is O=C(Nc1cc(Br)ccc1Cl)c1ccc(F)cn1. The van der Waals surface area contributed by atoms with Gasteiger partial charge in [0.25, 0.3) is 5.91 Å². The van der Waals surface area contributed by atoms with Gasteiger partial charge in [0.1, 0.15) is 11.5 Å². The van der Waals surface area contributed by atoms with Gasteiger partial charge in [-0.05, 0) is 30.3 Å². The van der Waals surface area contributed by atoms with E-state index in [-0.39, 0.29) is 5.69 Å². The number of nitrogens with one attached hydrogen (secondary N) is 1. The highest BCUT2D eigenvalue weighted by Gasteiger charge is 2.10. The predicted octanol–water partition coefficient (Wildman–Crippen LogP) is 3.89. The van der Waals surface area contributed by atoms with Gasteiger partial charge in [0, 0.05) is 4.47 Å². The molecule has 1 N–H and O–H groups in total. The molecular weight excluding hydrogens is 322 g/mol. The molecule has 1 heterocycles. The molecule has 0 spiro atoms. The summed E-state index contributed by atoms with van der Waals surface area (Å²) < 4.78 is 13.5. The molecule has 0 atom stereocenters. The fourth-order valence-electron chi connectivity index (χ4n) is 1.29. The third-order valence-electron chi connectivity index (χ3n) is 2.14. The van der Waals surface area contributed by atoms with Crippen molar-refractivity contribution in [2.45, 2.75) is 0 Å². The molecule has 6 heteroatoms. The van der Waals surface area contributed by atoms with Crippen LogP contribution in [0.2, 0.25) is 5.02 Å². The second-order valence-electron chi connectivity index (χ2n) is 3.44. The average molecular weight is 330 g/mol. The van der Waals surface area contributed by atoms with Crippen molar-refractivity contribution in [1.29, 1.82) is 0 Å². The number of hydrogen-bond acceptors (Lipinski definition) is 2. The van der Waals surface area contributed by atoms with Crippen LogP contribution in [0.25, 0.3) is 0 Å². The van der Waals surface area contributed by atoms with Crippen molar-refractivity contribution in [3.05, 3.63) is 57.5 Å². The molecule has 1 amide bonds. The van der Waals surface area contributed by atoms with Gasteiger partial charge < -0.3 is 5.32 Å². The standard InChI is InChI=1S/C12H7BrClFN2O/c13-7-1-3-9(14)11(5-7)17-12(18)10-4-2-8(15)6-16-10/h1-6H,(H,17,18). The predicted molar refractivity (Wildman–Crippen MR) is 71.3 cm³/mol. The van der Waals surface area contributed by atoms with Gasteiger partial charge in [0.2, 0.25) is 0 Å². The molecule has 0 radical (unpaired) electrons. The zero-order valence-corrected chi connectivity index (χ0v) is 11.3. The smallest absolute Gasteiger partial charge is 0.274 e. The van der Waals surface area contributed by atoms with Gasteiger partial charge in [0.15, 0.2) is 0 Å². The fourth-order valence-corrected chi connectivity index (χ4v) is 1.82. The summed E-state index contributed by atoms with van der Waals surface area (Å²) in [5.74, 6) is -0.943. The first-order valence-corrected chi connectivity index (χ1v) is 6.11. The normalized spacial score (nSPS) is 10.2. The Morgan fingerprint density at radius 1 is 1.33 bits per heavy atom. The third kappa shape index (κ3) is 3.05. The van der Waals surface area contributed by atoms with Crippen LogP contribution in [-0.2, 0) is 0 Å².